The number of aryl methyl sites for hydroxylation is 1. The van der Waals surface area contributed by atoms with Crippen LogP contribution in [-0.2, 0) is 13.6 Å². The SMILES string of the molecule is Cn1cncc1C(=O)NC[C@@H]1CCCN(Cc2ccccc2)C1. The molecular formula is C18H24N4O. The first-order valence-electron chi connectivity index (χ1n) is 8.23. The minimum Gasteiger partial charge on any atom is -0.350 e. The van der Waals surface area contributed by atoms with Gasteiger partial charge in [-0.1, -0.05) is 30.3 Å². The molecule has 5 nitrogen and oxygen atoms in total. The first-order chi connectivity index (χ1) is 11.2. The molecule has 1 saturated heterocycles. The highest BCUT2D eigenvalue weighted by Gasteiger charge is 2.21. The van der Waals surface area contributed by atoms with Crippen molar-refractivity contribution in [3.63, 3.8) is 0 Å². The summed E-state index contributed by atoms with van der Waals surface area (Å²) in [7, 11) is 1.84. The third-order valence-corrected chi connectivity index (χ3v) is 4.45. The summed E-state index contributed by atoms with van der Waals surface area (Å²) in [4.78, 5) is 18.6. The van der Waals surface area contributed by atoms with E-state index in [1.165, 1.54) is 18.4 Å². The number of aromatic nitrogens is 2. The molecule has 1 amide bonds. The standard InChI is InChI=1S/C18H24N4O/c1-21-14-19-11-17(21)18(23)20-10-16-8-5-9-22(13-16)12-15-6-3-2-4-7-15/h2-4,6-7,11,14,16H,5,8-10,12-13H2,1H3,(H,20,23)/t16-/m0/s1. The Labute approximate surface area is 137 Å². The zero-order valence-electron chi connectivity index (χ0n) is 13.6. The molecule has 1 aliphatic heterocycles. The molecule has 1 fully saturated rings. The van der Waals surface area contributed by atoms with Crippen LogP contribution in [0.5, 0.6) is 0 Å². The second kappa shape index (κ2) is 7.42. The van der Waals surface area contributed by atoms with E-state index in [0.29, 0.717) is 11.6 Å². The lowest BCUT2D eigenvalue weighted by molar-refractivity contribution is 0.0922. The molecule has 0 spiro atoms. The van der Waals surface area contributed by atoms with Gasteiger partial charge in [0.1, 0.15) is 5.69 Å². The number of hydrogen-bond acceptors (Lipinski definition) is 3. The van der Waals surface area contributed by atoms with Gasteiger partial charge in [-0.25, -0.2) is 4.98 Å². The third-order valence-electron chi connectivity index (χ3n) is 4.45. The van der Waals surface area contributed by atoms with Crippen molar-refractivity contribution >= 4 is 5.91 Å². The van der Waals surface area contributed by atoms with Crippen molar-refractivity contribution < 1.29 is 4.79 Å². The molecule has 1 atom stereocenters. The van der Waals surface area contributed by atoms with Gasteiger partial charge in [-0.15, -0.1) is 0 Å². The summed E-state index contributed by atoms with van der Waals surface area (Å²) < 4.78 is 1.75. The molecule has 2 aromatic rings. The number of nitrogens with one attached hydrogen (secondary N) is 1. The third kappa shape index (κ3) is 4.20. The van der Waals surface area contributed by atoms with Crippen molar-refractivity contribution in [3.05, 3.63) is 54.1 Å². The number of carbonyl (C=O) groups excluding carboxylic acids is 1. The first kappa shape index (κ1) is 15.7. The van der Waals surface area contributed by atoms with Gasteiger partial charge in [0.25, 0.3) is 5.91 Å². The molecule has 3 rings (SSSR count). The summed E-state index contributed by atoms with van der Waals surface area (Å²) in [6.45, 7) is 3.91. The second-order valence-electron chi connectivity index (χ2n) is 6.33. The van der Waals surface area contributed by atoms with Gasteiger partial charge in [0.15, 0.2) is 0 Å². The topological polar surface area (TPSA) is 50.2 Å². The smallest absolute Gasteiger partial charge is 0.269 e. The van der Waals surface area contributed by atoms with Crippen LogP contribution in [0.1, 0.15) is 28.9 Å². The fourth-order valence-corrected chi connectivity index (χ4v) is 3.21. The van der Waals surface area contributed by atoms with Crippen LogP contribution in [0, 0.1) is 5.92 Å². The largest absolute Gasteiger partial charge is 0.350 e. The van der Waals surface area contributed by atoms with Crippen LogP contribution in [0.25, 0.3) is 0 Å². The molecular weight excluding hydrogens is 288 g/mol. The van der Waals surface area contributed by atoms with Crippen LogP contribution >= 0.6 is 0 Å². The molecule has 0 aliphatic carbocycles. The van der Waals surface area contributed by atoms with Crippen molar-refractivity contribution in [1.82, 2.24) is 19.8 Å². The van der Waals surface area contributed by atoms with Crippen LogP contribution in [0.2, 0.25) is 0 Å². The molecule has 1 N–H and O–H groups in total. The zero-order chi connectivity index (χ0) is 16.1. The first-order valence-corrected chi connectivity index (χ1v) is 8.23. The molecule has 1 aromatic carbocycles. The van der Waals surface area contributed by atoms with E-state index in [1.54, 1.807) is 17.1 Å². The second-order valence-corrected chi connectivity index (χ2v) is 6.33. The van der Waals surface area contributed by atoms with Crippen molar-refractivity contribution in [2.75, 3.05) is 19.6 Å². The molecule has 122 valence electrons. The van der Waals surface area contributed by atoms with Gasteiger partial charge >= 0.3 is 0 Å². The van der Waals surface area contributed by atoms with E-state index in [0.717, 1.165) is 26.2 Å². The van der Waals surface area contributed by atoms with Crippen LogP contribution in [0.15, 0.2) is 42.9 Å². The number of hydrogen-bond donors (Lipinski definition) is 1. The molecule has 23 heavy (non-hydrogen) atoms. The Morgan fingerprint density at radius 1 is 1.35 bits per heavy atom. The van der Waals surface area contributed by atoms with Crippen LogP contribution in [-0.4, -0.2) is 40.0 Å². The molecule has 1 aliphatic rings. The summed E-state index contributed by atoms with van der Waals surface area (Å²) >= 11 is 0. The average molecular weight is 312 g/mol. The highest BCUT2D eigenvalue weighted by molar-refractivity contribution is 5.92. The molecule has 0 bridgehead atoms. The maximum absolute atomic E-state index is 12.2. The Kier molecular flexibility index (Phi) is 5.08. The monoisotopic (exact) mass is 312 g/mol. The van der Waals surface area contributed by atoms with Crippen LogP contribution in [0.3, 0.4) is 0 Å². The van der Waals surface area contributed by atoms with E-state index in [2.05, 4.69) is 45.5 Å². The molecule has 0 saturated carbocycles. The quantitative estimate of drug-likeness (QED) is 0.919. The highest BCUT2D eigenvalue weighted by Crippen LogP contribution is 2.18. The van der Waals surface area contributed by atoms with Crippen LogP contribution < -0.4 is 5.32 Å². The number of piperidine rings is 1. The molecule has 5 heteroatoms. The van der Waals surface area contributed by atoms with Crippen molar-refractivity contribution in [3.8, 4) is 0 Å². The maximum atomic E-state index is 12.2. The molecule has 1 aromatic heterocycles. The Hall–Kier alpha value is -2.14. The molecule has 0 unspecified atom stereocenters. The van der Waals surface area contributed by atoms with Crippen molar-refractivity contribution in [2.24, 2.45) is 13.0 Å². The minimum atomic E-state index is -0.0369. The number of rotatable bonds is 5. The Balaban J connectivity index is 1.49. The number of imidazole rings is 1. The highest BCUT2D eigenvalue weighted by atomic mass is 16.1. The lowest BCUT2D eigenvalue weighted by Crippen LogP contribution is -2.40. The number of nitrogens with zero attached hydrogens (tertiary/aromatic N) is 3. The average Bonchev–Trinajstić information content (AvgIpc) is 3.00. The fourth-order valence-electron chi connectivity index (χ4n) is 3.21. The van der Waals surface area contributed by atoms with Gasteiger partial charge in [0, 0.05) is 26.7 Å². The number of amides is 1. The number of likely N-dealkylation sites (tertiary alicyclic amines) is 1. The lowest BCUT2D eigenvalue weighted by Gasteiger charge is -2.32. The summed E-state index contributed by atoms with van der Waals surface area (Å²) in [5, 5.41) is 3.05. The van der Waals surface area contributed by atoms with E-state index in [9.17, 15) is 4.79 Å². The van der Waals surface area contributed by atoms with E-state index < -0.39 is 0 Å². The van der Waals surface area contributed by atoms with Crippen molar-refractivity contribution in [1.29, 1.82) is 0 Å². The normalized spacial score (nSPS) is 18.7. The summed E-state index contributed by atoms with van der Waals surface area (Å²) in [5.74, 6) is 0.481. The van der Waals surface area contributed by atoms with E-state index in [1.807, 2.05) is 7.05 Å². The fraction of sp³-hybridized carbons (Fsp3) is 0.444. The van der Waals surface area contributed by atoms with Crippen molar-refractivity contribution in [2.45, 2.75) is 19.4 Å². The predicted octanol–water partition coefficient (Wildman–Crippen LogP) is 2.06. The number of benzene rings is 1. The Morgan fingerprint density at radius 2 is 2.17 bits per heavy atom. The summed E-state index contributed by atoms with van der Waals surface area (Å²) in [6.07, 6.45) is 5.63. The summed E-state index contributed by atoms with van der Waals surface area (Å²) in [6, 6.07) is 10.6. The van der Waals surface area contributed by atoms with E-state index >= 15 is 0 Å². The van der Waals surface area contributed by atoms with Gasteiger partial charge in [-0.05, 0) is 30.9 Å². The maximum Gasteiger partial charge on any atom is 0.269 e. The Bertz CT molecular complexity index is 637. The summed E-state index contributed by atoms with van der Waals surface area (Å²) in [5.41, 5.74) is 1.97. The van der Waals surface area contributed by atoms with Gasteiger partial charge < -0.3 is 9.88 Å². The number of carbonyl (C=O) groups is 1. The van der Waals surface area contributed by atoms with E-state index in [4.69, 9.17) is 0 Å². The lowest BCUT2D eigenvalue weighted by atomic mass is 9.97. The molecule has 0 radical (unpaired) electrons. The van der Waals surface area contributed by atoms with Crippen LogP contribution in [0.4, 0.5) is 0 Å². The minimum absolute atomic E-state index is 0.0369. The zero-order valence-corrected chi connectivity index (χ0v) is 13.6. The Morgan fingerprint density at radius 3 is 2.91 bits per heavy atom. The predicted molar refractivity (Wildman–Crippen MR) is 90.0 cm³/mol. The van der Waals surface area contributed by atoms with Gasteiger partial charge in [0.2, 0.25) is 0 Å². The molecule has 2 heterocycles. The van der Waals surface area contributed by atoms with Gasteiger partial charge in [-0.3, -0.25) is 9.69 Å². The van der Waals surface area contributed by atoms with Gasteiger partial charge in [0.05, 0.1) is 12.5 Å². The van der Waals surface area contributed by atoms with Gasteiger partial charge in [-0.2, -0.15) is 0 Å². The van der Waals surface area contributed by atoms with E-state index in [-0.39, 0.29) is 5.91 Å².